The van der Waals surface area contributed by atoms with Crippen LogP contribution in [0.5, 0.6) is 11.5 Å². The summed E-state index contributed by atoms with van der Waals surface area (Å²) in [6.45, 7) is 2.41. The van der Waals surface area contributed by atoms with E-state index in [2.05, 4.69) is 17.4 Å². The molecule has 4 rings (SSSR count). The second kappa shape index (κ2) is 10.3. The smallest absolute Gasteiger partial charge is 0.407 e. The number of carboxylic acids is 1. The van der Waals surface area contributed by atoms with E-state index in [9.17, 15) is 14.7 Å². The van der Waals surface area contributed by atoms with Crippen molar-refractivity contribution in [2.24, 2.45) is 0 Å². The van der Waals surface area contributed by atoms with Gasteiger partial charge in [0.25, 0.3) is 0 Å². The van der Waals surface area contributed by atoms with Gasteiger partial charge in [-0.25, -0.2) is 9.59 Å². The Labute approximate surface area is 198 Å². The Bertz CT molecular complexity index is 1150. The number of methoxy groups -OCH3 is 1. The van der Waals surface area contributed by atoms with Gasteiger partial charge in [-0.2, -0.15) is 0 Å². The summed E-state index contributed by atoms with van der Waals surface area (Å²) in [6.07, 6.45) is -0.698. The van der Waals surface area contributed by atoms with Gasteiger partial charge in [0.2, 0.25) is 0 Å². The van der Waals surface area contributed by atoms with E-state index in [4.69, 9.17) is 14.2 Å². The summed E-state index contributed by atoms with van der Waals surface area (Å²) in [5.74, 6) is -0.172. The monoisotopic (exact) mass is 461 g/mol. The van der Waals surface area contributed by atoms with E-state index in [-0.39, 0.29) is 18.9 Å². The highest BCUT2D eigenvalue weighted by Gasteiger charge is 2.30. The summed E-state index contributed by atoms with van der Waals surface area (Å²) in [5.41, 5.74) is 5.12. The highest BCUT2D eigenvalue weighted by atomic mass is 16.5. The van der Waals surface area contributed by atoms with Crippen molar-refractivity contribution in [2.75, 3.05) is 20.3 Å². The summed E-state index contributed by atoms with van der Waals surface area (Å²) >= 11 is 0. The molecule has 0 fully saturated rings. The maximum atomic E-state index is 12.6. The van der Waals surface area contributed by atoms with Crippen LogP contribution in [0, 0.1) is 0 Å². The van der Waals surface area contributed by atoms with Gasteiger partial charge in [-0.1, -0.05) is 54.6 Å². The molecule has 176 valence electrons. The average Bonchev–Trinajstić information content (AvgIpc) is 3.16. The van der Waals surface area contributed by atoms with Crippen LogP contribution >= 0.6 is 0 Å². The van der Waals surface area contributed by atoms with Gasteiger partial charge in [-0.3, -0.25) is 0 Å². The largest absolute Gasteiger partial charge is 0.493 e. The van der Waals surface area contributed by atoms with Crippen LogP contribution in [0.3, 0.4) is 0 Å². The zero-order valence-electron chi connectivity index (χ0n) is 19.1. The van der Waals surface area contributed by atoms with Gasteiger partial charge in [-0.05, 0) is 46.9 Å². The highest BCUT2D eigenvalue weighted by molar-refractivity contribution is 5.81. The normalized spacial score (nSPS) is 12.9. The first-order valence-corrected chi connectivity index (χ1v) is 11.2. The standard InChI is InChI=1S/C27H27NO6/c1-3-33-25-15-17(12-13-24(25)32-2)14-23(26(29)30)28-27(31)34-16-22-20-10-6-4-8-18(20)19-9-5-7-11-21(19)22/h4-13,15,22-23H,3,14,16H2,1-2H3,(H,28,31)(H,29,30). The third-order valence-electron chi connectivity index (χ3n) is 5.90. The molecule has 0 heterocycles. The van der Waals surface area contributed by atoms with E-state index in [1.54, 1.807) is 18.2 Å². The third-order valence-corrected chi connectivity index (χ3v) is 5.90. The van der Waals surface area contributed by atoms with Gasteiger partial charge >= 0.3 is 12.1 Å². The van der Waals surface area contributed by atoms with Crippen LogP contribution in [-0.2, 0) is 16.0 Å². The number of hydrogen-bond acceptors (Lipinski definition) is 5. The molecule has 0 bridgehead atoms. The number of alkyl carbamates (subject to hydrolysis) is 1. The molecule has 1 unspecified atom stereocenters. The SMILES string of the molecule is CCOc1cc(CC(NC(=O)OCC2c3ccccc3-c3ccccc32)C(=O)O)ccc1OC. The van der Waals surface area contributed by atoms with Gasteiger partial charge in [0.1, 0.15) is 12.6 Å². The molecule has 0 saturated heterocycles. The van der Waals surface area contributed by atoms with E-state index in [1.165, 1.54) is 7.11 Å². The first kappa shape index (κ1) is 23.2. The number of carboxylic acid groups (broad SMARTS) is 1. The van der Waals surface area contributed by atoms with Gasteiger partial charge in [-0.15, -0.1) is 0 Å². The molecule has 2 N–H and O–H groups in total. The molecule has 1 amide bonds. The van der Waals surface area contributed by atoms with E-state index < -0.39 is 18.1 Å². The molecule has 0 spiro atoms. The number of amides is 1. The minimum atomic E-state index is -1.15. The number of nitrogens with one attached hydrogen (secondary N) is 1. The van der Waals surface area contributed by atoms with Gasteiger partial charge in [0, 0.05) is 12.3 Å². The van der Waals surface area contributed by atoms with E-state index >= 15 is 0 Å². The minimum absolute atomic E-state index is 0.0730. The van der Waals surface area contributed by atoms with E-state index in [0.717, 1.165) is 22.3 Å². The molecule has 3 aromatic rings. The third kappa shape index (κ3) is 4.83. The highest BCUT2D eigenvalue weighted by Crippen LogP contribution is 2.44. The Morgan fingerprint density at radius 3 is 2.21 bits per heavy atom. The van der Waals surface area contributed by atoms with Crippen LogP contribution in [0.1, 0.15) is 29.5 Å². The molecule has 7 heteroatoms. The average molecular weight is 462 g/mol. The molecule has 1 aliphatic carbocycles. The number of benzene rings is 3. The number of carbonyl (C=O) groups is 2. The predicted octanol–water partition coefficient (Wildman–Crippen LogP) is 4.63. The first-order valence-electron chi connectivity index (χ1n) is 11.2. The van der Waals surface area contributed by atoms with Crippen LogP contribution in [0.15, 0.2) is 66.7 Å². The van der Waals surface area contributed by atoms with Crippen molar-refractivity contribution in [1.29, 1.82) is 0 Å². The lowest BCUT2D eigenvalue weighted by atomic mass is 9.98. The Morgan fingerprint density at radius 2 is 1.62 bits per heavy atom. The predicted molar refractivity (Wildman–Crippen MR) is 127 cm³/mol. The lowest BCUT2D eigenvalue weighted by Crippen LogP contribution is -2.42. The molecular formula is C27H27NO6. The topological polar surface area (TPSA) is 94.1 Å². The number of rotatable bonds is 9. The maximum Gasteiger partial charge on any atom is 0.407 e. The second-order valence-electron chi connectivity index (χ2n) is 7.98. The first-order chi connectivity index (χ1) is 16.5. The van der Waals surface area contributed by atoms with Crippen LogP contribution in [0.4, 0.5) is 4.79 Å². The van der Waals surface area contributed by atoms with Crippen LogP contribution in [0.2, 0.25) is 0 Å². The zero-order valence-corrected chi connectivity index (χ0v) is 19.1. The summed E-state index contributed by atoms with van der Waals surface area (Å²) in [6, 6.07) is 20.1. The van der Waals surface area contributed by atoms with Gasteiger partial charge < -0.3 is 24.6 Å². The van der Waals surface area contributed by atoms with Gasteiger partial charge in [0.05, 0.1) is 13.7 Å². The quantitative estimate of drug-likeness (QED) is 0.483. The molecule has 0 saturated carbocycles. The van der Waals surface area contributed by atoms with Gasteiger partial charge in [0.15, 0.2) is 11.5 Å². The molecule has 34 heavy (non-hydrogen) atoms. The summed E-state index contributed by atoms with van der Waals surface area (Å²) in [7, 11) is 1.54. The molecule has 0 aromatic heterocycles. The Morgan fingerprint density at radius 1 is 0.971 bits per heavy atom. The van der Waals surface area contributed by atoms with Crippen molar-refractivity contribution in [1.82, 2.24) is 5.32 Å². The minimum Gasteiger partial charge on any atom is -0.493 e. The van der Waals surface area contributed by atoms with Crippen LogP contribution in [-0.4, -0.2) is 43.5 Å². The molecule has 3 aromatic carbocycles. The fourth-order valence-electron chi connectivity index (χ4n) is 4.33. The Kier molecular flexibility index (Phi) is 7.01. The van der Waals surface area contributed by atoms with Crippen LogP contribution in [0.25, 0.3) is 11.1 Å². The van der Waals surface area contributed by atoms with Crippen molar-refractivity contribution >= 4 is 12.1 Å². The van der Waals surface area contributed by atoms with Crippen molar-refractivity contribution in [2.45, 2.75) is 25.3 Å². The summed E-state index contributed by atoms with van der Waals surface area (Å²) < 4.78 is 16.3. The lowest BCUT2D eigenvalue weighted by Gasteiger charge is -2.18. The maximum absolute atomic E-state index is 12.6. The molecule has 1 atom stereocenters. The van der Waals surface area contributed by atoms with Crippen molar-refractivity contribution in [3.8, 4) is 22.6 Å². The van der Waals surface area contributed by atoms with Crippen molar-refractivity contribution < 1.29 is 28.9 Å². The van der Waals surface area contributed by atoms with Crippen LogP contribution < -0.4 is 14.8 Å². The number of hydrogen-bond donors (Lipinski definition) is 2. The zero-order chi connectivity index (χ0) is 24.1. The fraction of sp³-hybridized carbons (Fsp3) is 0.259. The molecule has 1 aliphatic rings. The molecule has 0 radical (unpaired) electrons. The van der Waals surface area contributed by atoms with Crippen molar-refractivity contribution in [3.05, 3.63) is 83.4 Å². The molecule has 7 nitrogen and oxygen atoms in total. The fourth-order valence-corrected chi connectivity index (χ4v) is 4.33. The Balaban J connectivity index is 1.43. The summed E-state index contributed by atoms with van der Waals surface area (Å²) in [4.78, 5) is 24.4. The summed E-state index contributed by atoms with van der Waals surface area (Å²) in [5, 5.41) is 12.2. The molecule has 0 aliphatic heterocycles. The lowest BCUT2D eigenvalue weighted by molar-refractivity contribution is -0.139. The van der Waals surface area contributed by atoms with E-state index in [0.29, 0.717) is 23.7 Å². The number of carbonyl (C=O) groups excluding carboxylic acids is 1. The number of fused-ring (bicyclic) bond motifs is 3. The Hall–Kier alpha value is -4.00. The second-order valence-corrected chi connectivity index (χ2v) is 7.98. The number of aliphatic carboxylic acids is 1. The molecular weight excluding hydrogens is 434 g/mol. The van der Waals surface area contributed by atoms with E-state index in [1.807, 2.05) is 43.3 Å². The number of ether oxygens (including phenoxy) is 3. The van der Waals surface area contributed by atoms with Crippen molar-refractivity contribution in [3.63, 3.8) is 0 Å².